The van der Waals surface area contributed by atoms with Crippen LogP contribution in [0, 0.1) is 0 Å². The third-order valence-corrected chi connectivity index (χ3v) is 2.97. The van der Waals surface area contributed by atoms with Crippen LogP contribution in [-0.4, -0.2) is 31.2 Å². The molecule has 2 N–H and O–H groups in total. The van der Waals surface area contributed by atoms with Gasteiger partial charge in [-0.15, -0.1) is 0 Å². The third kappa shape index (κ3) is 3.62. The largest absolute Gasteiger partial charge is 0.392 e. The van der Waals surface area contributed by atoms with Gasteiger partial charge in [-0.25, -0.2) is 0 Å². The highest BCUT2D eigenvalue weighted by atomic mass is 35.5. The normalized spacial score (nSPS) is 10.2. The van der Waals surface area contributed by atoms with Gasteiger partial charge >= 0.3 is 0 Å². The fourth-order valence-corrected chi connectivity index (χ4v) is 2.15. The maximum atomic E-state index is 11.5. The Hall–Kier alpha value is -1.26. The van der Waals surface area contributed by atoms with E-state index in [4.69, 9.17) is 11.6 Å². The van der Waals surface area contributed by atoms with E-state index in [0.717, 1.165) is 17.7 Å². The van der Waals surface area contributed by atoms with Gasteiger partial charge in [-0.3, -0.25) is 4.79 Å². The zero-order valence-corrected chi connectivity index (χ0v) is 11.5. The van der Waals surface area contributed by atoms with E-state index in [1.54, 1.807) is 19.2 Å². The predicted molar refractivity (Wildman–Crippen MR) is 73.9 cm³/mol. The molecule has 5 heteroatoms. The van der Waals surface area contributed by atoms with Crippen LogP contribution in [0.4, 0.5) is 5.69 Å². The summed E-state index contributed by atoms with van der Waals surface area (Å²) in [7, 11) is 1.60. The lowest BCUT2D eigenvalue weighted by atomic mass is 10.1. The number of hydrogen-bond acceptors (Lipinski definition) is 3. The zero-order valence-electron chi connectivity index (χ0n) is 10.7. The van der Waals surface area contributed by atoms with E-state index in [1.807, 2.05) is 17.9 Å². The second-order valence-corrected chi connectivity index (χ2v) is 4.41. The molecule has 0 aliphatic rings. The summed E-state index contributed by atoms with van der Waals surface area (Å²) in [6.45, 7) is 2.89. The molecule has 0 bridgehead atoms. The first-order chi connectivity index (χ1) is 8.63. The van der Waals surface area contributed by atoms with Crippen molar-refractivity contribution in [1.29, 1.82) is 0 Å². The molecule has 1 aromatic carbocycles. The molecule has 0 aromatic heterocycles. The Morgan fingerprint density at radius 1 is 1.50 bits per heavy atom. The summed E-state index contributed by atoms with van der Waals surface area (Å²) in [5.41, 5.74) is 1.48. The maximum Gasteiger partial charge on any atom is 0.239 e. The molecular weight excluding hydrogens is 252 g/mol. The first-order valence-electron chi connectivity index (χ1n) is 5.97. The predicted octanol–water partition coefficient (Wildman–Crippen LogP) is 1.79. The van der Waals surface area contributed by atoms with Crippen LogP contribution in [0.3, 0.4) is 0 Å². The van der Waals surface area contributed by atoms with Crippen molar-refractivity contribution in [2.75, 3.05) is 25.0 Å². The number of nitrogens with zero attached hydrogens (tertiary/aromatic N) is 1. The number of benzene rings is 1. The topological polar surface area (TPSA) is 52.6 Å². The fraction of sp³-hybridized carbons (Fsp3) is 0.462. The Balaban J connectivity index is 3.07. The highest BCUT2D eigenvalue weighted by Gasteiger charge is 2.16. The molecule has 0 aliphatic heterocycles. The van der Waals surface area contributed by atoms with Crippen molar-refractivity contribution in [3.8, 4) is 0 Å². The van der Waals surface area contributed by atoms with Gasteiger partial charge < -0.3 is 15.3 Å². The molecule has 0 atom stereocenters. The molecular formula is C13H19ClN2O2. The summed E-state index contributed by atoms with van der Waals surface area (Å²) < 4.78 is 0. The van der Waals surface area contributed by atoms with Crippen molar-refractivity contribution in [1.82, 2.24) is 5.32 Å². The quantitative estimate of drug-likeness (QED) is 0.829. The lowest BCUT2D eigenvalue weighted by Crippen LogP contribution is -2.36. The van der Waals surface area contributed by atoms with E-state index < -0.39 is 0 Å². The number of hydrogen-bond donors (Lipinski definition) is 2. The van der Waals surface area contributed by atoms with Crippen LogP contribution in [0.25, 0.3) is 0 Å². The van der Waals surface area contributed by atoms with Crippen molar-refractivity contribution in [3.63, 3.8) is 0 Å². The average Bonchev–Trinajstić information content (AvgIpc) is 2.37. The Labute approximate surface area is 113 Å². The minimum atomic E-state index is -0.0934. The second kappa shape index (κ2) is 7.24. The van der Waals surface area contributed by atoms with Crippen molar-refractivity contribution in [3.05, 3.63) is 28.8 Å². The Morgan fingerprint density at radius 2 is 2.22 bits per heavy atom. The third-order valence-electron chi connectivity index (χ3n) is 2.66. The fourth-order valence-electron chi connectivity index (χ4n) is 1.83. The number of aliphatic hydroxyl groups excluding tert-OH is 1. The number of halogens is 1. The molecule has 0 radical (unpaired) electrons. The summed E-state index contributed by atoms with van der Waals surface area (Å²) >= 11 is 6.18. The second-order valence-electron chi connectivity index (χ2n) is 4.00. The van der Waals surface area contributed by atoms with Gasteiger partial charge in [0.1, 0.15) is 0 Å². The lowest BCUT2D eigenvalue weighted by molar-refractivity contribution is -0.119. The number of amides is 1. The van der Waals surface area contributed by atoms with Gasteiger partial charge in [0.2, 0.25) is 5.91 Å². The van der Waals surface area contributed by atoms with Crippen molar-refractivity contribution in [2.45, 2.75) is 20.0 Å². The van der Waals surface area contributed by atoms with Gasteiger partial charge in [0.25, 0.3) is 0 Å². The summed E-state index contributed by atoms with van der Waals surface area (Å²) in [4.78, 5) is 13.4. The van der Waals surface area contributed by atoms with Crippen LogP contribution in [0.15, 0.2) is 18.2 Å². The van der Waals surface area contributed by atoms with E-state index >= 15 is 0 Å². The maximum absolute atomic E-state index is 11.5. The van der Waals surface area contributed by atoms with Gasteiger partial charge in [0, 0.05) is 19.2 Å². The monoisotopic (exact) mass is 270 g/mol. The summed E-state index contributed by atoms with van der Waals surface area (Å²) in [6, 6.07) is 5.37. The molecule has 0 fully saturated rings. The van der Waals surface area contributed by atoms with Crippen LogP contribution in [0.5, 0.6) is 0 Å². The van der Waals surface area contributed by atoms with Crippen LogP contribution in [-0.2, 0) is 11.4 Å². The van der Waals surface area contributed by atoms with Crippen LogP contribution in [0.2, 0.25) is 5.02 Å². The van der Waals surface area contributed by atoms with E-state index in [0.29, 0.717) is 11.6 Å². The van der Waals surface area contributed by atoms with Gasteiger partial charge in [0.15, 0.2) is 0 Å². The molecule has 1 aromatic rings. The van der Waals surface area contributed by atoms with Crippen molar-refractivity contribution in [2.24, 2.45) is 0 Å². The minimum absolute atomic E-state index is 0.0766. The van der Waals surface area contributed by atoms with Crippen LogP contribution in [0.1, 0.15) is 18.9 Å². The first-order valence-corrected chi connectivity index (χ1v) is 6.35. The van der Waals surface area contributed by atoms with Crippen molar-refractivity contribution >= 4 is 23.2 Å². The number of aliphatic hydroxyl groups is 1. The molecule has 0 aliphatic carbocycles. The molecule has 4 nitrogen and oxygen atoms in total. The summed E-state index contributed by atoms with van der Waals surface area (Å²) in [5, 5.41) is 12.5. The van der Waals surface area contributed by atoms with Gasteiger partial charge in [-0.05, 0) is 12.5 Å². The lowest BCUT2D eigenvalue weighted by Gasteiger charge is -2.26. The Kier molecular flexibility index (Phi) is 5.95. The molecule has 100 valence electrons. The summed E-state index contributed by atoms with van der Waals surface area (Å²) in [6.07, 6.45) is 0.896. The number of likely N-dealkylation sites (N-methyl/N-ethyl adjacent to an activating group) is 1. The first kappa shape index (κ1) is 14.8. The number of anilines is 1. The molecule has 0 saturated carbocycles. The van der Waals surface area contributed by atoms with Crippen LogP contribution < -0.4 is 10.2 Å². The van der Waals surface area contributed by atoms with E-state index in [-0.39, 0.29) is 19.1 Å². The molecule has 1 amide bonds. The van der Waals surface area contributed by atoms with Gasteiger partial charge in [-0.1, -0.05) is 30.7 Å². The smallest absolute Gasteiger partial charge is 0.239 e. The Bertz CT molecular complexity index is 410. The van der Waals surface area contributed by atoms with Gasteiger partial charge in [-0.2, -0.15) is 0 Å². The molecule has 0 saturated heterocycles. The summed E-state index contributed by atoms with van der Waals surface area (Å²) in [5.74, 6) is -0.0766. The van der Waals surface area contributed by atoms with Crippen LogP contribution >= 0.6 is 11.6 Å². The molecule has 0 heterocycles. The Morgan fingerprint density at radius 3 is 2.78 bits per heavy atom. The molecule has 0 spiro atoms. The van der Waals surface area contributed by atoms with E-state index in [2.05, 4.69) is 5.32 Å². The molecule has 1 rings (SSSR count). The number of para-hydroxylation sites is 1. The van der Waals surface area contributed by atoms with Crippen molar-refractivity contribution < 1.29 is 9.90 Å². The van der Waals surface area contributed by atoms with E-state index in [9.17, 15) is 9.90 Å². The SMILES string of the molecule is CCCN(CC(=O)NC)c1c(Cl)cccc1CO. The molecule has 0 unspecified atom stereocenters. The highest BCUT2D eigenvalue weighted by Crippen LogP contribution is 2.30. The number of nitrogens with one attached hydrogen (secondary N) is 1. The molecule has 18 heavy (non-hydrogen) atoms. The zero-order chi connectivity index (χ0) is 13.5. The standard InChI is InChI=1S/C13H19ClN2O2/c1-3-7-16(8-12(18)15-2)13-10(9-17)5-4-6-11(13)14/h4-6,17H,3,7-9H2,1-2H3,(H,15,18). The number of carbonyl (C=O) groups is 1. The van der Waals surface area contributed by atoms with E-state index in [1.165, 1.54) is 0 Å². The van der Waals surface area contributed by atoms with Gasteiger partial charge in [0.05, 0.1) is 23.9 Å². The number of rotatable bonds is 6. The minimum Gasteiger partial charge on any atom is -0.392 e. The highest BCUT2D eigenvalue weighted by molar-refractivity contribution is 6.33. The average molecular weight is 271 g/mol. The number of carbonyl (C=O) groups excluding carboxylic acids is 1.